The van der Waals surface area contributed by atoms with Crippen molar-refractivity contribution in [2.45, 2.75) is 57.3 Å². The van der Waals surface area contributed by atoms with Gasteiger partial charge in [-0.05, 0) is 17.0 Å². The van der Waals surface area contributed by atoms with Crippen LogP contribution in [-0.4, -0.2) is 64.7 Å². The van der Waals surface area contributed by atoms with Crippen molar-refractivity contribution in [2.24, 2.45) is 11.7 Å². The number of nitrogens with one attached hydrogen (secondary N) is 3. The fourth-order valence-electron chi connectivity index (χ4n) is 3.63. The van der Waals surface area contributed by atoms with E-state index in [0.717, 1.165) is 5.56 Å². The van der Waals surface area contributed by atoms with E-state index in [1.165, 1.54) is 0 Å². The molecular formula is C27H36N4O6. The Morgan fingerprint density at radius 1 is 0.757 bits per heavy atom. The first-order valence-corrected chi connectivity index (χ1v) is 12.2. The number of carbonyl (C=O) groups is 4. The van der Waals surface area contributed by atoms with Crippen LogP contribution in [0.15, 0.2) is 60.7 Å². The van der Waals surface area contributed by atoms with Gasteiger partial charge >= 0.3 is 5.97 Å². The summed E-state index contributed by atoms with van der Waals surface area (Å²) in [4.78, 5) is 50.4. The normalized spacial score (nSPS) is 14.9. The monoisotopic (exact) mass is 512 g/mol. The number of aliphatic hydroxyl groups is 1. The minimum atomic E-state index is -1.43. The summed E-state index contributed by atoms with van der Waals surface area (Å²) < 4.78 is 0. The summed E-state index contributed by atoms with van der Waals surface area (Å²) in [5.74, 6) is -3.45. The predicted molar refractivity (Wildman–Crippen MR) is 138 cm³/mol. The fourth-order valence-corrected chi connectivity index (χ4v) is 3.63. The Bertz CT molecular complexity index is 1030. The molecule has 0 aromatic heterocycles. The van der Waals surface area contributed by atoms with Gasteiger partial charge in [0.1, 0.15) is 18.1 Å². The maximum atomic E-state index is 13.2. The number of hydrogen-bond acceptors (Lipinski definition) is 6. The standard InChI is InChI=1S/C27H36N4O6/c1-3-17(2)23(28)26(35)29-20(14-18-10-6-4-7-11-18)24(33)31-22(16-32)25(34)30-21(27(36)37)15-19-12-8-5-9-13-19/h4-13,17,20-23,32H,3,14-16,28H2,1-2H3,(H,29,35)(H,30,34)(H,31,33)(H,36,37). The summed E-state index contributed by atoms with van der Waals surface area (Å²) >= 11 is 0. The summed E-state index contributed by atoms with van der Waals surface area (Å²) in [6.45, 7) is 2.96. The zero-order valence-electron chi connectivity index (χ0n) is 21.1. The molecule has 2 rings (SSSR count). The van der Waals surface area contributed by atoms with E-state index in [2.05, 4.69) is 16.0 Å². The lowest BCUT2D eigenvalue weighted by molar-refractivity contribution is -0.142. The Hall–Kier alpha value is -3.76. The highest BCUT2D eigenvalue weighted by Crippen LogP contribution is 2.09. The van der Waals surface area contributed by atoms with Gasteiger partial charge in [-0.3, -0.25) is 14.4 Å². The summed E-state index contributed by atoms with van der Waals surface area (Å²) in [5, 5.41) is 26.8. The number of nitrogens with two attached hydrogens (primary N) is 1. The lowest BCUT2D eigenvalue weighted by Gasteiger charge is -2.25. The Morgan fingerprint density at radius 2 is 1.19 bits per heavy atom. The van der Waals surface area contributed by atoms with E-state index in [-0.39, 0.29) is 18.8 Å². The van der Waals surface area contributed by atoms with Crippen molar-refractivity contribution >= 4 is 23.7 Å². The molecule has 200 valence electrons. The highest BCUT2D eigenvalue weighted by Gasteiger charge is 2.31. The van der Waals surface area contributed by atoms with Gasteiger partial charge in [0, 0.05) is 12.8 Å². The molecule has 0 bridgehead atoms. The van der Waals surface area contributed by atoms with E-state index < -0.39 is 54.5 Å². The summed E-state index contributed by atoms with van der Waals surface area (Å²) in [6, 6.07) is 13.1. The van der Waals surface area contributed by atoms with Crippen LogP contribution in [0, 0.1) is 5.92 Å². The maximum Gasteiger partial charge on any atom is 0.326 e. The molecule has 10 nitrogen and oxygen atoms in total. The first kappa shape index (κ1) is 29.5. The first-order valence-electron chi connectivity index (χ1n) is 12.2. The van der Waals surface area contributed by atoms with Crippen molar-refractivity contribution in [3.8, 4) is 0 Å². The van der Waals surface area contributed by atoms with Crippen LogP contribution in [0.25, 0.3) is 0 Å². The van der Waals surface area contributed by atoms with Gasteiger partial charge in [-0.25, -0.2) is 4.79 Å². The zero-order chi connectivity index (χ0) is 27.4. The number of amides is 3. The molecule has 0 heterocycles. The SMILES string of the molecule is CCC(C)C(N)C(=O)NC(Cc1ccccc1)C(=O)NC(CO)C(=O)NC(Cc1ccccc1)C(=O)O. The summed E-state index contributed by atoms with van der Waals surface area (Å²) in [6.07, 6.45) is 0.815. The average Bonchev–Trinajstić information content (AvgIpc) is 2.90. The second-order valence-corrected chi connectivity index (χ2v) is 9.00. The highest BCUT2D eigenvalue weighted by atomic mass is 16.4. The van der Waals surface area contributed by atoms with Gasteiger partial charge in [0.2, 0.25) is 17.7 Å². The van der Waals surface area contributed by atoms with Crippen LogP contribution >= 0.6 is 0 Å². The van der Waals surface area contributed by atoms with Crippen molar-refractivity contribution in [3.05, 3.63) is 71.8 Å². The molecule has 0 aliphatic heterocycles. The molecule has 0 radical (unpaired) electrons. The minimum absolute atomic E-state index is 0.0220. The Kier molecular flexibility index (Phi) is 11.7. The van der Waals surface area contributed by atoms with Crippen molar-refractivity contribution < 1.29 is 29.4 Å². The van der Waals surface area contributed by atoms with Gasteiger partial charge in [0.05, 0.1) is 12.6 Å². The fraction of sp³-hybridized carbons (Fsp3) is 0.407. The van der Waals surface area contributed by atoms with Crippen molar-refractivity contribution in [1.29, 1.82) is 0 Å². The van der Waals surface area contributed by atoms with Crippen LogP contribution in [0.1, 0.15) is 31.4 Å². The number of carbonyl (C=O) groups excluding carboxylic acids is 3. The van der Waals surface area contributed by atoms with E-state index >= 15 is 0 Å². The van der Waals surface area contributed by atoms with E-state index in [1.807, 2.05) is 19.9 Å². The molecule has 10 heteroatoms. The lowest BCUT2D eigenvalue weighted by atomic mass is 9.98. The molecule has 5 atom stereocenters. The van der Waals surface area contributed by atoms with Crippen molar-refractivity contribution in [1.82, 2.24) is 16.0 Å². The van der Waals surface area contributed by atoms with Crippen LogP contribution in [0.3, 0.4) is 0 Å². The van der Waals surface area contributed by atoms with E-state index in [1.54, 1.807) is 54.6 Å². The van der Waals surface area contributed by atoms with E-state index in [4.69, 9.17) is 5.73 Å². The van der Waals surface area contributed by atoms with Gasteiger partial charge in [-0.15, -0.1) is 0 Å². The van der Waals surface area contributed by atoms with E-state index in [0.29, 0.717) is 12.0 Å². The minimum Gasteiger partial charge on any atom is -0.480 e. The molecule has 0 spiro atoms. The molecule has 3 amide bonds. The van der Waals surface area contributed by atoms with Gasteiger partial charge in [-0.1, -0.05) is 80.9 Å². The molecule has 2 aromatic rings. The third-order valence-electron chi connectivity index (χ3n) is 6.19. The predicted octanol–water partition coefficient (Wildman–Crippen LogP) is 0.377. The average molecular weight is 513 g/mol. The smallest absolute Gasteiger partial charge is 0.326 e. The Labute approximate surface area is 216 Å². The molecule has 7 N–H and O–H groups in total. The molecular weight excluding hydrogens is 476 g/mol. The number of hydrogen-bond donors (Lipinski definition) is 6. The van der Waals surface area contributed by atoms with Crippen molar-refractivity contribution in [2.75, 3.05) is 6.61 Å². The topological polar surface area (TPSA) is 171 Å². The summed E-state index contributed by atoms with van der Waals surface area (Å²) in [7, 11) is 0. The van der Waals surface area contributed by atoms with Crippen LogP contribution in [0.5, 0.6) is 0 Å². The van der Waals surface area contributed by atoms with Gasteiger partial charge in [0.15, 0.2) is 0 Å². The molecule has 0 aliphatic carbocycles. The molecule has 37 heavy (non-hydrogen) atoms. The number of aliphatic carboxylic acids is 1. The van der Waals surface area contributed by atoms with Gasteiger partial charge < -0.3 is 31.9 Å². The Balaban J connectivity index is 2.14. The largest absolute Gasteiger partial charge is 0.480 e. The molecule has 0 aliphatic rings. The lowest BCUT2D eigenvalue weighted by Crippen LogP contribution is -2.59. The first-order chi connectivity index (χ1) is 17.7. The number of aliphatic hydroxyl groups excluding tert-OH is 1. The van der Waals surface area contributed by atoms with Crippen LogP contribution in [-0.2, 0) is 32.0 Å². The third kappa shape index (κ3) is 9.32. The quantitative estimate of drug-likeness (QED) is 0.212. The van der Waals surface area contributed by atoms with Crippen LogP contribution in [0.2, 0.25) is 0 Å². The maximum absolute atomic E-state index is 13.2. The van der Waals surface area contributed by atoms with Gasteiger partial charge in [0.25, 0.3) is 0 Å². The molecule has 5 unspecified atom stereocenters. The van der Waals surface area contributed by atoms with Crippen LogP contribution < -0.4 is 21.7 Å². The number of benzene rings is 2. The van der Waals surface area contributed by atoms with Gasteiger partial charge in [-0.2, -0.15) is 0 Å². The molecule has 0 saturated carbocycles. The van der Waals surface area contributed by atoms with Crippen molar-refractivity contribution in [3.63, 3.8) is 0 Å². The zero-order valence-corrected chi connectivity index (χ0v) is 21.1. The second kappa shape index (κ2) is 14.7. The van der Waals surface area contributed by atoms with Crippen LogP contribution in [0.4, 0.5) is 0 Å². The van der Waals surface area contributed by atoms with E-state index in [9.17, 15) is 29.4 Å². The number of carboxylic acids is 1. The highest BCUT2D eigenvalue weighted by molar-refractivity contribution is 5.94. The molecule has 2 aromatic carbocycles. The number of carboxylic acid groups (broad SMARTS) is 1. The third-order valence-corrected chi connectivity index (χ3v) is 6.19. The Morgan fingerprint density at radius 3 is 1.65 bits per heavy atom. The number of rotatable bonds is 14. The second-order valence-electron chi connectivity index (χ2n) is 9.00. The molecule has 0 saturated heterocycles. The summed E-state index contributed by atoms with van der Waals surface area (Å²) in [5.41, 5.74) is 7.49. The molecule has 0 fully saturated rings.